The molecule has 0 atom stereocenters. The molecule has 46 heavy (non-hydrogen) atoms. The van der Waals surface area contributed by atoms with Gasteiger partial charge in [0.2, 0.25) is 0 Å². The molecule has 0 radical (unpaired) electrons. The Morgan fingerprint density at radius 2 is 1.13 bits per heavy atom. The van der Waals surface area contributed by atoms with E-state index in [4.69, 9.17) is 0 Å². The third kappa shape index (κ3) is 3.98. The highest BCUT2D eigenvalue weighted by atomic mass is 19.4. The van der Waals surface area contributed by atoms with Crippen molar-refractivity contribution in [1.82, 2.24) is 9.13 Å². The quantitative estimate of drug-likeness (QED) is 0.197. The fraction of sp³-hybridized carbons (Fsp3) is 0.0750. The number of alkyl halides is 3. The third-order valence-electron chi connectivity index (χ3n) is 9.00. The van der Waals surface area contributed by atoms with Crippen molar-refractivity contribution in [2.24, 2.45) is 0 Å². The van der Waals surface area contributed by atoms with E-state index in [-0.39, 0.29) is 11.4 Å². The van der Waals surface area contributed by atoms with Gasteiger partial charge in [0.05, 0.1) is 45.1 Å². The Labute approximate surface area is 263 Å². The van der Waals surface area contributed by atoms with Crippen LogP contribution in [-0.2, 0) is 6.18 Å². The molecule has 0 aliphatic heterocycles. The molecule has 8 aromatic rings. The number of hydrogen-bond acceptors (Lipinski definition) is 1. The lowest BCUT2D eigenvalue weighted by molar-refractivity contribution is -0.137. The van der Waals surface area contributed by atoms with E-state index in [0.29, 0.717) is 33.2 Å². The van der Waals surface area contributed by atoms with Crippen LogP contribution in [0, 0.1) is 25.2 Å². The van der Waals surface area contributed by atoms with Crippen molar-refractivity contribution in [2.75, 3.05) is 0 Å². The van der Waals surface area contributed by atoms with E-state index < -0.39 is 11.7 Å². The van der Waals surface area contributed by atoms with E-state index in [9.17, 15) is 5.26 Å². The first-order valence-corrected chi connectivity index (χ1v) is 15.0. The molecule has 0 aliphatic carbocycles. The number of halogens is 3. The maximum Gasteiger partial charge on any atom is 0.420 e. The summed E-state index contributed by atoms with van der Waals surface area (Å²) in [6.45, 7) is 3.87. The number of rotatable bonds is 3. The van der Waals surface area contributed by atoms with Crippen molar-refractivity contribution < 1.29 is 13.2 Å². The number of nitriles is 1. The second-order valence-electron chi connectivity index (χ2n) is 11.7. The molecule has 0 unspecified atom stereocenters. The predicted octanol–water partition coefficient (Wildman–Crippen LogP) is 11.1. The lowest BCUT2D eigenvalue weighted by Crippen LogP contribution is -2.17. The van der Waals surface area contributed by atoms with E-state index >= 15 is 13.2 Å². The van der Waals surface area contributed by atoms with Gasteiger partial charge in [-0.15, -0.1) is 0 Å². The normalized spacial score (nSPS) is 12.0. The molecule has 6 aromatic carbocycles. The highest BCUT2D eigenvalue weighted by Gasteiger charge is 2.40. The van der Waals surface area contributed by atoms with Gasteiger partial charge in [-0.2, -0.15) is 18.4 Å². The summed E-state index contributed by atoms with van der Waals surface area (Å²) in [6, 6.07) is 39.2. The minimum Gasteiger partial charge on any atom is -0.308 e. The van der Waals surface area contributed by atoms with Gasteiger partial charge in [-0.05, 0) is 60.9 Å². The molecule has 0 spiro atoms. The topological polar surface area (TPSA) is 33.6 Å². The summed E-state index contributed by atoms with van der Waals surface area (Å²) in [6.07, 6.45) is -4.76. The van der Waals surface area contributed by atoms with Gasteiger partial charge in [0, 0.05) is 27.1 Å². The molecule has 0 N–H and O–H groups in total. The number of aryl methyl sites for hydroxylation is 2. The Morgan fingerprint density at radius 3 is 1.74 bits per heavy atom. The smallest absolute Gasteiger partial charge is 0.308 e. The van der Waals surface area contributed by atoms with Crippen molar-refractivity contribution in [3.05, 3.63) is 144 Å². The largest absolute Gasteiger partial charge is 0.420 e. The van der Waals surface area contributed by atoms with E-state index in [2.05, 4.69) is 6.07 Å². The minimum atomic E-state index is -4.76. The highest BCUT2D eigenvalue weighted by Crippen LogP contribution is 2.48. The van der Waals surface area contributed by atoms with Gasteiger partial charge in [0.1, 0.15) is 5.56 Å². The van der Waals surface area contributed by atoms with Crippen LogP contribution in [-0.4, -0.2) is 9.13 Å². The van der Waals surface area contributed by atoms with Gasteiger partial charge in [-0.1, -0.05) is 91.0 Å². The number of benzene rings is 6. The fourth-order valence-electron chi connectivity index (χ4n) is 7.13. The number of hydrogen-bond donors (Lipinski definition) is 0. The van der Waals surface area contributed by atoms with Gasteiger partial charge in [-0.25, -0.2) is 0 Å². The number of para-hydroxylation sites is 4. The summed E-state index contributed by atoms with van der Waals surface area (Å²) in [5, 5.41) is 13.2. The Kier molecular flexibility index (Phi) is 6.10. The van der Waals surface area contributed by atoms with Gasteiger partial charge in [-0.3, -0.25) is 0 Å². The maximum absolute atomic E-state index is 16.1. The third-order valence-corrected chi connectivity index (χ3v) is 9.00. The first kappa shape index (κ1) is 27.7. The summed E-state index contributed by atoms with van der Waals surface area (Å²) in [4.78, 5) is 0. The van der Waals surface area contributed by atoms with E-state index in [1.165, 1.54) is 0 Å². The van der Waals surface area contributed by atoms with Crippen LogP contribution in [0.15, 0.2) is 121 Å². The first-order chi connectivity index (χ1) is 22.3. The zero-order valence-electron chi connectivity index (χ0n) is 25.0. The summed E-state index contributed by atoms with van der Waals surface area (Å²) >= 11 is 0. The number of nitrogens with zero attached hydrogens (tertiary/aromatic N) is 3. The molecule has 0 amide bonds. The molecule has 8 rings (SSSR count). The van der Waals surface area contributed by atoms with Crippen LogP contribution in [0.4, 0.5) is 13.2 Å². The van der Waals surface area contributed by atoms with Crippen molar-refractivity contribution >= 4 is 43.6 Å². The molecular formula is C40H26F3N3. The zero-order valence-corrected chi connectivity index (χ0v) is 25.0. The van der Waals surface area contributed by atoms with Crippen LogP contribution in [0.1, 0.15) is 22.3 Å². The van der Waals surface area contributed by atoms with Crippen LogP contribution < -0.4 is 0 Å². The Morgan fingerprint density at radius 1 is 0.587 bits per heavy atom. The zero-order chi connectivity index (χ0) is 31.7. The maximum atomic E-state index is 16.1. The standard InChI is InChI=1S/C40H26F3N3/c1-24-10-7-16-31-29-14-3-5-18-33(29)45(37(24)31)35-21-20-28(27-13-9-12-26(22-27)23-44)39(36(35)40(41,42)43)46-34-19-6-4-15-30(34)32-17-8-11-25(2)38(32)46/h3-22H,1-2H3. The van der Waals surface area contributed by atoms with Gasteiger partial charge >= 0.3 is 6.18 Å². The summed E-state index contributed by atoms with van der Waals surface area (Å²) in [5.74, 6) is 0. The Bertz CT molecular complexity index is 2560. The Hall–Kier alpha value is -5.80. The minimum absolute atomic E-state index is 0.0279. The number of aromatic nitrogens is 2. The fourth-order valence-corrected chi connectivity index (χ4v) is 7.13. The lowest BCUT2D eigenvalue weighted by atomic mass is 9.96. The van der Waals surface area contributed by atoms with E-state index in [0.717, 1.165) is 38.2 Å². The van der Waals surface area contributed by atoms with Crippen LogP contribution in [0.3, 0.4) is 0 Å². The van der Waals surface area contributed by atoms with Crippen molar-refractivity contribution in [1.29, 1.82) is 5.26 Å². The second-order valence-corrected chi connectivity index (χ2v) is 11.7. The molecule has 3 nitrogen and oxygen atoms in total. The SMILES string of the molecule is Cc1cccc2c3ccccc3n(-c3ccc(-c4cccc(C#N)c4)c(-n4c5ccccc5c5cccc(C)c54)c3C(F)(F)F)c12. The molecule has 0 bridgehead atoms. The van der Waals surface area contributed by atoms with Crippen LogP contribution >= 0.6 is 0 Å². The van der Waals surface area contributed by atoms with Crippen LogP contribution in [0.5, 0.6) is 0 Å². The number of fused-ring (bicyclic) bond motifs is 6. The predicted molar refractivity (Wildman–Crippen MR) is 180 cm³/mol. The van der Waals surface area contributed by atoms with Gasteiger partial charge in [0.25, 0.3) is 0 Å². The monoisotopic (exact) mass is 605 g/mol. The van der Waals surface area contributed by atoms with Gasteiger partial charge < -0.3 is 9.13 Å². The molecular weight excluding hydrogens is 579 g/mol. The Balaban J connectivity index is 1.64. The summed E-state index contributed by atoms with van der Waals surface area (Å²) < 4.78 is 51.7. The molecule has 0 saturated carbocycles. The molecule has 0 saturated heterocycles. The van der Waals surface area contributed by atoms with Crippen molar-refractivity contribution in [2.45, 2.75) is 20.0 Å². The summed E-state index contributed by atoms with van der Waals surface area (Å²) in [7, 11) is 0. The van der Waals surface area contributed by atoms with Crippen molar-refractivity contribution in [3.8, 4) is 28.6 Å². The van der Waals surface area contributed by atoms with Crippen LogP contribution in [0.25, 0.3) is 66.1 Å². The molecule has 0 fully saturated rings. The molecule has 222 valence electrons. The van der Waals surface area contributed by atoms with Crippen molar-refractivity contribution in [3.63, 3.8) is 0 Å². The van der Waals surface area contributed by atoms with Gasteiger partial charge in [0.15, 0.2) is 0 Å². The molecule has 0 aliphatic rings. The van der Waals surface area contributed by atoms with Crippen LogP contribution in [0.2, 0.25) is 0 Å². The lowest BCUT2D eigenvalue weighted by Gasteiger charge is -2.25. The highest BCUT2D eigenvalue weighted by molar-refractivity contribution is 6.12. The summed E-state index contributed by atoms with van der Waals surface area (Å²) in [5.41, 5.74) is 5.16. The van der Waals surface area contributed by atoms with E-state index in [1.54, 1.807) is 45.5 Å². The molecule has 2 aromatic heterocycles. The average molecular weight is 606 g/mol. The van der Waals surface area contributed by atoms with E-state index in [1.807, 2.05) is 98.8 Å². The average Bonchev–Trinajstić information content (AvgIpc) is 3.58. The molecule has 6 heteroatoms. The first-order valence-electron chi connectivity index (χ1n) is 15.0. The molecule has 2 heterocycles. The second kappa shape index (κ2) is 10.1.